The molecule has 1 amide bonds. The number of ether oxygens (including phenoxy) is 1. The minimum absolute atomic E-state index is 0.169. The number of guanidine groups is 1. The molecule has 0 atom stereocenters. The molecule has 2 heterocycles. The van der Waals surface area contributed by atoms with Crippen molar-refractivity contribution >= 4 is 23.3 Å². The summed E-state index contributed by atoms with van der Waals surface area (Å²) < 4.78 is 45.5. The summed E-state index contributed by atoms with van der Waals surface area (Å²) in [4.78, 5) is 21.9. The molecule has 0 aromatic heterocycles. The molecular weight excluding hydrogens is 457 g/mol. The van der Waals surface area contributed by atoms with Gasteiger partial charge in [-0.3, -0.25) is 4.79 Å². The number of nitrogens with zero attached hydrogens (tertiary/aromatic N) is 3. The number of aliphatic imine (C=N–C) groups is 2. The first-order chi connectivity index (χ1) is 16.9. The molecular formula is C26H25F3N4O2. The minimum atomic E-state index is -4.96. The van der Waals surface area contributed by atoms with E-state index in [4.69, 9.17) is 9.73 Å². The number of hydrogen-bond acceptors (Lipinski definition) is 5. The molecule has 1 aromatic carbocycles. The third kappa shape index (κ3) is 6.81. The average molecular weight is 483 g/mol. The molecule has 9 heteroatoms. The summed E-state index contributed by atoms with van der Waals surface area (Å²) in [6.07, 6.45) is 11.6. The highest BCUT2D eigenvalue weighted by Gasteiger charge is 2.42. The van der Waals surface area contributed by atoms with Crippen LogP contribution in [0.3, 0.4) is 0 Å². The van der Waals surface area contributed by atoms with Gasteiger partial charge in [0, 0.05) is 31.4 Å². The van der Waals surface area contributed by atoms with Crippen molar-refractivity contribution in [1.29, 1.82) is 0 Å². The van der Waals surface area contributed by atoms with Gasteiger partial charge in [0.2, 0.25) is 5.96 Å². The first-order valence-electron chi connectivity index (χ1n) is 11.3. The van der Waals surface area contributed by atoms with Crippen molar-refractivity contribution in [3.63, 3.8) is 0 Å². The standard InChI is InChI=1S/C26H25F3N4O2/c27-26(28,29)24(34)33-14-4-1-5-15-35-22-11-3-2-9-20(17-22)23-12-7-13-30-25(32-23)31-21-10-6-8-19(16-21)18-33/h1-2,4,6-11,13,16-17H,3,5,12,14-15,18H2,(H,30,31)/b4-1+. The van der Waals surface area contributed by atoms with E-state index in [0.29, 0.717) is 48.8 Å². The third-order valence-electron chi connectivity index (χ3n) is 5.37. The van der Waals surface area contributed by atoms with Crippen molar-refractivity contribution in [2.24, 2.45) is 9.98 Å². The number of alkyl halides is 3. The Balaban J connectivity index is 1.68. The molecule has 0 radical (unpaired) electrons. The number of carbonyl (C=O) groups excluding carboxylic acids is 1. The quantitative estimate of drug-likeness (QED) is 0.500. The van der Waals surface area contributed by atoms with Crippen molar-refractivity contribution in [3.8, 4) is 0 Å². The van der Waals surface area contributed by atoms with E-state index >= 15 is 0 Å². The predicted octanol–water partition coefficient (Wildman–Crippen LogP) is 5.45. The largest absolute Gasteiger partial charge is 0.494 e. The van der Waals surface area contributed by atoms with E-state index in [9.17, 15) is 18.0 Å². The summed E-state index contributed by atoms with van der Waals surface area (Å²) >= 11 is 0. The van der Waals surface area contributed by atoms with Gasteiger partial charge in [-0.15, -0.1) is 0 Å². The number of fused-ring (bicyclic) bond motifs is 5. The maximum absolute atomic E-state index is 13.2. The first kappa shape index (κ1) is 24.3. The highest BCUT2D eigenvalue weighted by atomic mass is 19.4. The molecule has 182 valence electrons. The Morgan fingerprint density at radius 2 is 2.03 bits per heavy atom. The summed E-state index contributed by atoms with van der Waals surface area (Å²) in [6.45, 7) is -0.0139. The summed E-state index contributed by atoms with van der Waals surface area (Å²) in [5.74, 6) is -0.834. The van der Waals surface area contributed by atoms with Crippen LogP contribution in [0.2, 0.25) is 0 Å². The number of nitrogens with one attached hydrogen (secondary N) is 1. The SMILES string of the molecule is O=C(N1C/C=C/CCOC2=CCC=CC(=C2)C2=NC(=NC=CC2)Nc2cccc(c2)C1)C(F)(F)F. The Kier molecular flexibility index (Phi) is 7.64. The molecule has 4 rings (SSSR count). The van der Waals surface area contributed by atoms with E-state index in [1.54, 1.807) is 42.6 Å². The van der Waals surface area contributed by atoms with Crippen LogP contribution in [0.1, 0.15) is 24.8 Å². The van der Waals surface area contributed by atoms with Gasteiger partial charge < -0.3 is 15.0 Å². The predicted molar refractivity (Wildman–Crippen MR) is 130 cm³/mol. The number of rotatable bonds is 0. The smallest absolute Gasteiger partial charge is 0.471 e. The summed E-state index contributed by atoms with van der Waals surface area (Å²) in [5, 5.41) is 3.13. The monoisotopic (exact) mass is 482 g/mol. The normalized spacial score (nSPS) is 19.8. The second-order valence-electron chi connectivity index (χ2n) is 8.06. The Hall–Kier alpha value is -3.88. The second-order valence-corrected chi connectivity index (χ2v) is 8.06. The lowest BCUT2D eigenvalue weighted by Crippen LogP contribution is -2.40. The lowest BCUT2D eigenvalue weighted by atomic mass is 10.1. The van der Waals surface area contributed by atoms with Gasteiger partial charge in [0.1, 0.15) is 5.76 Å². The van der Waals surface area contributed by atoms with Gasteiger partial charge in [-0.1, -0.05) is 42.5 Å². The lowest BCUT2D eigenvalue weighted by molar-refractivity contribution is -0.185. The fraction of sp³-hybridized carbons (Fsp3) is 0.269. The van der Waals surface area contributed by atoms with Crippen LogP contribution in [0.5, 0.6) is 0 Å². The van der Waals surface area contributed by atoms with Gasteiger partial charge in [0.25, 0.3) is 0 Å². The molecule has 0 saturated carbocycles. The van der Waals surface area contributed by atoms with Crippen LogP contribution in [0.15, 0.2) is 94.3 Å². The van der Waals surface area contributed by atoms with Gasteiger partial charge in [-0.05, 0) is 48.3 Å². The van der Waals surface area contributed by atoms with Crippen LogP contribution in [-0.4, -0.2) is 41.8 Å². The molecule has 6 bridgehead atoms. The highest BCUT2D eigenvalue weighted by Crippen LogP contribution is 2.22. The summed E-state index contributed by atoms with van der Waals surface area (Å²) in [5.41, 5.74) is 2.87. The Labute approximate surface area is 201 Å². The van der Waals surface area contributed by atoms with Crippen LogP contribution < -0.4 is 5.32 Å². The van der Waals surface area contributed by atoms with E-state index < -0.39 is 12.1 Å². The molecule has 35 heavy (non-hydrogen) atoms. The van der Waals surface area contributed by atoms with Crippen LogP contribution in [0.25, 0.3) is 0 Å². The van der Waals surface area contributed by atoms with Crippen LogP contribution in [-0.2, 0) is 16.1 Å². The van der Waals surface area contributed by atoms with Crippen LogP contribution in [0.4, 0.5) is 18.9 Å². The number of benzene rings is 1. The van der Waals surface area contributed by atoms with Crippen molar-refractivity contribution in [1.82, 2.24) is 4.90 Å². The van der Waals surface area contributed by atoms with E-state index in [0.717, 1.165) is 16.2 Å². The molecule has 3 aliphatic rings. The summed E-state index contributed by atoms with van der Waals surface area (Å²) in [7, 11) is 0. The second kappa shape index (κ2) is 11.0. The number of allylic oxidation sites excluding steroid dienone is 6. The van der Waals surface area contributed by atoms with Crippen LogP contribution >= 0.6 is 0 Å². The van der Waals surface area contributed by atoms with Gasteiger partial charge >= 0.3 is 12.1 Å². The molecule has 2 aliphatic heterocycles. The molecule has 6 nitrogen and oxygen atoms in total. The van der Waals surface area contributed by atoms with Gasteiger partial charge in [-0.2, -0.15) is 13.2 Å². The summed E-state index contributed by atoms with van der Waals surface area (Å²) in [6, 6.07) is 6.85. The van der Waals surface area contributed by atoms with Crippen LogP contribution in [0, 0.1) is 0 Å². The molecule has 1 aliphatic carbocycles. The molecule has 0 saturated heterocycles. The van der Waals surface area contributed by atoms with E-state index in [1.807, 2.05) is 30.4 Å². The third-order valence-corrected chi connectivity index (χ3v) is 5.37. The van der Waals surface area contributed by atoms with E-state index in [2.05, 4.69) is 10.3 Å². The molecule has 0 unspecified atom stereocenters. The fourth-order valence-electron chi connectivity index (χ4n) is 3.71. The average Bonchev–Trinajstić information content (AvgIpc) is 3.20. The molecule has 0 fully saturated rings. The van der Waals surface area contributed by atoms with Crippen molar-refractivity contribution in [2.75, 3.05) is 18.5 Å². The van der Waals surface area contributed by atoms with Gasteiger partial charge in [-0.25, -0.2) is 9.98 Å². The Bertz CT molecular complexity index is 1170. The highest BCUT2D eigenvalue weighted by molar-refractivity contribution is 6.12. The van der Waals surface area contributed by atoms with Crippen molar-refractivity contribution in [2.45, 2.75) is 32.0 Å². The molecule has 1 aromatic rings. The maximum atomic E-state index is 13.2. The van der Waals surface area contributed by atoms with Crippen molar-refractivity contribution in [3.05, 3.63) is 89.9 Å². The maximum Gasteiger partial charge on any atom is 0.471 e. The fourth-order valence-corrected chi connectivity index (χ4v) is 3.71. The van der Waals surface area contributed by atoms with Gasteiger partial charge in [0.15, 0.2) is 0 Å². The molecule has 1 N–H and O–H groups in total. The lowest BCUT2D eigenvalue weighted by Gasteiger charge is -2.23. The zero-order chi connectivity index (χ0) is 24.7. The number of carbonyl (C=O) groups is 1. The number of amides is 1. The molecule has 0 spiro atoms. The Morgan fingerprint density at radius 1 is 1.14 bits per heavy atom. The van der Waals surface area contributed by atoms with E-state index in [1.165, 1.54) is 0 Å². The Morgan fingerprint density at radius 3 is 2.89 bits per heavy atom. The number of hydrogen-bond donors (Lipinski definition) is 1. The number of anilines is 1. The zero-order valence-corrected chi connectivity index (χ0v) is 19.0. The van der Waals surface area contributed by atoms with Gasteiger partial charge in [0.05, 0.1) is 12.3 Å². The van der Waals surface area contributed by atoms with E-state index in [-0.39, 0.29) is 13.1 Å². The number of halogens is 3. The first-order valence-corrected chi connectivity index (χ1v) is 11.3. The minimum Gasteiger partial charge on any atom is -0.494 e. The van der Waals surface area contributed by atoms with Crippen molar-refractivity contribution < 1.29 is 22.7 Å². The zero-order valence-electron chi connectivity index (χ0n) is 19.0. The topological polar surface area (TPSA) is 66.3 Å².